The molecule has 0 spiro atoms. The monoisotopic (exact) mass is 184 g/mol. The van der Waals surface area contributed by atoms with Crippen molar-refractivity contribution in [3.8, 4) is 0 Å². The molecule has 0 bridgehead atoms. The van der Waals surface area contributed by atoms with Crippen LogP contribution in [0.5, 0.6) is 0 Å². The van der Waals surface area contributed by atoms with Gasteiger partial charge in [0.15, 0.2) is 0 Å². The van der Waals surface area contributed by atoms with Crippen LogP contribution in [0.25, 0.3) is 0 Å². The van der Waals surface area contributed by atoms with Crippen molar-refractivity contribution in [1.82, 2.24) is 0 Å². The van der Waals surface area contributed by atoms with E-state index in [9.17, 15) is 0 Å². The Morgan fingerprint density at radius 1 is 1.15 bits per heavy atom. The summed E-state index contributed by atoms with van der Waals surface area (Å²) in [6, 6.07) is 0. The molecule has 0 aromatic carbocycles. The van der Waals surface area contributed by atoms with Crippen LogP contribution in [-0.4, -0.2) is 12.7 Å². The van der Waals surface area contributed by atoms with Crippen LogP contribution in [-0.2, 0) is 4.74 Å². The van der Waals surface area contributed by atoms with Gasteiger partial charge in [-0.25, -0.2) is 0 Å². The second-order valence-electron chi connectivity index (χ2n) is 4.38. The first-order valence-corrected chi connectivity index (χ1v) is 5.96. The Hall–Kier alpha value is -0.0400. The lowest BCUT2D eigenvalue weighted by atomic mass is 9.88. The minimum atomic E-state index is 0.575. The zero-order valence-corrected chi connectivity index (χ0v) is 9.22. The highest BCUT2D eigenvalue weighted by Gasteiger charge is 2.21. The maximum atomic E-state index is 5.90. The zero-order valence-electron chi connectivity index (χ0n) is 9.22. The molecule has 0 radical (unpaired) electrons. The molecule has 0 saturated heterocycles. The van der Waals surface area contributed by atoms with E-state index in [1.165, 1.54) is 44.9 Å². The first kappa shape index (κ1) is 11.0. The summed E-state index contributed by atoms with van der Waals surface area (Å²) in [4.78, 5) is 0. The molecule has 0 heterocycles. The molecule has 1 heteroatoms. The van der Waals surface area contributed by atoms with Crippen molar-refractivity contribution in [1.29, 1.82) is 0 Å². The minimum Gasteiger partial charge on any atom is -0.378 e. The number of hydrogen-bond donors (Lipinski definition) is 0. The summed E-state index contributed by atoms with van der Waals surface area (Å²) in [7, 11) is 0. The molecule has 78 valence electrons. The van der Waals surface area contributed by atoms with Crippen LogP contribution >= 0.6 is 0 Å². The molecule has 1 rings (SSSR count). The Bertz CT molecular complexity index is 122. The topological polar surface area (TPSA) is 9.23 Å². The quantitative estimate of drug-likeness (QED) is 0.591. The Morgan fingerprint density at radius 3 is 2.62 bits per heavy atom. The van der Waals surface area contributed by atoms with Gasteiger partial charge in [-0.2, -0.15) is 0 Å². The van der Waals surface area contributed by atoms with Gasteiger partial charge in [0, 0.05) is 6.61 Å². The van der Waals surface area contributed by atoms with Crippen molar-refractivity contribution in [3.05, 3.63) is 0 Å². The van der Waals surface area contributed by atoms with E-state index in [-0.39, 0.29) is 0 Å². The Labute approximate surface area is 82.9 Å². The molecular weight excluding hydrogens is 160 g/mol. The molecule has 0 aliphatic heterocycles. The van der Waals surface area contributed by atoms with Gasteiger partial charge in [-0.1, -0.05) is 39.5 Å². The van der Waals surface area contributed by atoms with Crippen molar-refractivity contribution < 1.29 is 4.74 Å². The predicted molar refractivity (Wildman–Crippen MR) is 56.9 cm³/mol. The molecule has 1 aliphatic carbocycles. The van der Waals surface area contributed by atoms with E-state index in [1.807, 2.05) is 0 Å². The highest BCUT2D eigenvalue weighted by molar-refractivity contribution is 4.72. The van der Waals surface area contributed by atoms with Crippen molar-refractivity contribution >= 4 is 0 Å². The molecule has 0 aromatic rings. The lowest BCUT2D eigenvalue weighted by Crippen LogP contribution is -2.25. The summed E-state index contributed by atoms with van der Waals surface area (Å²) in [5, 5.41) is 0. The molecule has 2 atom stereocenters. The molecule has 1 fully saturated rings. The van der Waals surface area contributed by atoms with Gasteiger partial charge in [-0.3, -0.25) is 0 Å². The van der Waals surface area contributed by atoms with E-state index in [2.05, 4.69) is 13.8 Å². The van der Waals surface area contributed by atoms with E-state index >= 15 is 0 Å². The maximum absolute atomic E-state index is 5.90. The van der Waals surface area contributed by atoms with Crippen LogP contribution in [0, 0.1) is 5.92 Å². The van der Waals surface area contributed by atoms with Gasteiger partial charge in [0.05, 0.1) is 6.10 Å². The van der Waals surface area contributed by atoms with Crippen LogP contribution in [0.2, 0.25) is 0 Å². The average Bonchev–Trinajstić information content (AvgIpc) is 2.15. The van der Waals surface area contributed by atoms with E-state index in [0.717, 1.165) is 12.5 Å². The standard InChI is InChI=1S/C12H24O/c1-3-4-7-10-13-12-9-6-5-8-11(12)2/h11-12H,3-10H2,1-2H3. The third-order valence-electron chi connectivity index (χ3n) is 3.11. The normalized spacial score (nSPS) is 29.1. The van der Waals surface area contributed by atoms with Crippen LogP contribution < -0.4 is 0 Å². The Kier molecular flexibility index (Phi) is 5.45. The first-order valence-electron chi connectivity index (χ1n) is 5.96. The molecule has 1 aliphatic rings. The molecule has 0 aromatic heterocycles. The molecule has 0 N–H and O–H groups in total. The third kappa shape index (κ3) is 4.12. The maximum Gasteiger partial charge on any atom is 0.0600 e. The van der Waals surface area contributed by atoms with Gasteiger partial charge >= 0.3 is 0 Å². The lowest BCUT2D eigenvalue weighted by molar-refractivity contribution is -0.00644. The van der Waals surface area contributed by atoms with Crippen LogP contribution in [0.4, 0.5) is 0 Å². The smallest absolute Gasteiger partial charge is 0.0600 e. The molecular formula is C12H24O. The fraction of sp³-hybridized carbons (Fsp3) is 1.00. The summed E-state index contributed by atoms with van der Waals surface area (Å²) < 4.78 is 5.90. The molecule has 2 unspecified atom stereocenters. The van der Waals surface area contributed by atoms with Crippen LogP contribution in [0.1, 0.15) is 58.8 Å². The second kappa shape index (κ2) is 6.42. The van der Waals surface area contributed by atoms with E-state index in [0.29, 0.717) is 6.10 Å². The van der Waals surface area contributed by atoms with Crippen molar-refractivity contribution in [3.63, 3.8) is 0 Å². The summed E-state index contributed by atoms with van der Waals surface area (Å²) in [5.41, 5.74) is 0. The van der Waals surface area contributed by atoms with Gasteiger partial charge in [0.25, 0.3) is 0 Å². The summed E-state index contributed by atoms with van der Waals surface area (Å²) in [5.74, 6) is 0.801. The molecule has 0 amide bonds. The number of rotatable bonds is 5. The van der Waals surface area contributed by atoms with Crippen molar-refractivity contribution in [2.75, 3.05) is 6.61 Å². The third-order valence-corrected chi connectivity index (χ3v) is 3.11. The Balaban J connectivity index is 2.05. The van der Waals surface area contributed by atoms with E-state index in [1.54, 1.807) is 0 Å². The summed E-state index contributed by atoms with van der Waals surface area (Å²) >= 11 is 0. The van der Waals surface area contributed by atoms with Gasteiger partial charge in [-0.15, -0.1) is 0 Å². The fourth-order valence-electron chi connectivity index (χ4n) is 2.12. The van der Waals surface area contributed by atoms with Gasteiger partial charge < -0.3 is 4.74 Å². The van der Waals surface area contributed by atoms with Gasteiger partial charge in [-0.05, 0) is 25.2 Å². The fourth-order valence-corrected chi connectivity index (χ4v) is 2.12. The highest BCUT2D eigenvalue weighted by Crippen LogP contribution is 2.26. The molecule has 1 saturated carbocycles. The number of hydrogen-bond acceptors (Lipinski definition) is 1. The van der Waals surface area contributed by atoms with Crippen LogP contribution in [0.15, 0.2) is 0 Å². The van der Waals surface area contributed by atoms with Crippen molar-refractivity contribution in [2.24, 2.45) is 5.92 Å². The van der Waals surface area contributed by atoms with E-state index in [4.69, 9.17) is 4.74 Å². The average molecular weight is 184 g/mol. The highest BCUT2D eigenvalue weighted by atomic mass is 16.5. The predicted octanol–water partition coefficient (Wildman–Crippen LogP) is 3.77. The van der Waals surface area contributed by atoms with Gasteiger partial charge in [0.2, 0.25) is 0 Å². The zero-order chi connectivity index (χ0) is 9.52. The minimum absolute atomic E-state index is 0.575. The SMILES string of the molecule is CCCCCOC1CCCCC1C. The second-order valence-corrected chi connectivity index (χ2v) is 4.38. The van der Waals surface area contributed by atoms with E-state index < -0.39 is 0 Å². The van der Waals surface area contributed by atoms with Crippen LogP contribution in [0.3, 0.4) is 0 Å². The van der Waals surface area contributed by atoms with Crippen molar-refractivity contribution in [2.45, 2.75) is 64.9 Å². The summed E-state index contributed by atoms with van der Waals surface area (Å²) in [6.45, 7) is 5.57. The molecule has 13 heavy (non-hydrogen) atoms. The number of unbranched alkanes of at least 4 members (excludes halogenated alkanes) is 2. The molecule has 1 nitrogen and oxygen atoms in total. The largest absolute Gasteiger partial charge is 0.378 e. The number of ether oxygens (including phenoxy) is 1. The first-order chi connectivity index (χ1) is 6.34. The van der Waals surface area contributed by atoms with Gasteiger partial charge in [0.1, 0.15) is 0 Å². The lowest BCUT2D eigenvalue weighted by Gasteiger charge is -2.28. The Morgan fingerprint density at radius 2 is 1.92 bits per heavy atom. The summed E-state index contributed by atoms with van der Waals surface area (Å²) in [6.07, 6.45) is 9.90.